The number of rotatable bonds is 3. The number of hydrogen-bond acceptors (Lipinski definition) is 5. The largest absolute Gasteiger partial charge is 0.497 e. The number of carbonyl (C=O) groups is 1. The van der Waals surface area contributed by atoms with Crippen LogP contribution in [0.4, 0.5) is 9.80 Å². The number of hydrogen-bond donors (Lipinski definition) is 0. The summed E-state index contributed by atoms with van der Waals surface area (Å²) in [6.45, 7) is 3.85. The van der Waals surface area contributed by atoms with E-state index in [1.165, 1.54) is 0 Å². The van der Waals surface area contributed by atoms with E-state index < -0.39 is 0 Å². The minimum Gasteiger partial charge on any atom is -0.497 e. The van der Waals surface area contributed by atoms with Crippen LogP contribution in [0.5, 0.6) is 5.75 Å². The SMILES string of the molecule is COc1ccc(-c2ccc(N3CC4(CN5CCC4CC5)OC3=O)s2)cc1. The lowest BCUT2D eigenvalue weighted by atomic mass is 9.75. The van der Waals surface area contributed by atoms with Crippen molar-refractivity contribution in [2.45, 2.75) is 18.4 Å². The van der Waals surface area contributed by atoms with E-state index in [4.69, 9.17) is 9.47 Å². The average Bonchev–Trinajstić information content (AvgIpc) is 3.28. The maximum absolute atomic E-state index is 12.6. The molecule has 0 saturated carbocycles. The van der Waals surface area contributed by atoms with Gasteiger partial charge >= 0.3 is 6.09 Å². The highest BCUT2D eigenvalue weighted by Crippen LogP contribution is 2.45. The second-order valence-electron chi connectivity index (χ2n) is 7.44. The number of amides is 1. The fourth-order valence-electron chi connectivity index (χ4n) is 4.56. The summed E-state index contributed by atoms with van der Waals surface area (Å²) in [6.07, 6.45) is 2.09. The second kappa shape index (κ2) is 5.99. The van der Waals surface area contributed by atoms with Crippen LogP contribution in [-0.4, -0.2) is 49.9 Å². The fourth-order valence-corrected chi connectivity index (χ4v) is 5.56. The van der Waals surface area contributed by atoms with E-state index >= 15 is 0 Å². The van der Waals surface area contributed by atoms with Gasteiger partial charge in [-0.1, -0.05) is 0 Å². The van der Waals surface area contributed by atoms with Gasteiger partial charge in [0.25, 0.3) is 0 Å². The summed E-state index contributed by atoms with van der Waals surface area (Å²) >= 11 is 1.64. The number of carbonyl (C=O) groups excluding carboxylic acids is 1. The topological polar surface area (TPSA) is 42.0 Å². The molecule has 136 valence electrons. The Kier molecular flexibility index (Phi) is 3.72. The van der Waals surface area contributed by atoms with Crippen molar-refractivity contribution in [2.24, 2.45) is 5.92 Å². The van der Waals surface area contributed by atoms with Gasteiger partial charge < -0.3 is 9.47 Å². The van der Waals surface area contributed by atoms with Gasteiger partial charge in [-0.25, -0.2) is 4.79 Å². The molecule has 6 rings (SSSR count). The molecule has 1 aromatic carbocycles. The zero-order chi connectivity index (χ0) is 17.7. The first-order valence-corrected chi connectivity index (χ1v) is 9.96. The van der Waals surface area contributed by atoms with Gasteiger partial charge in [0.05, 0.1) is 13.7 Å². The lowest BCUT2D eigenvalue weighted by Gasteiger charge is -2.49. The maximum Gasteiger partial charge on any atom is 0.415 e. The number of nitrogens with zero attached hydrogens (tertiary/aromatic N) is 2. The normalized spacial score (nSPS) is 30.0. The predicted octanol–water partition coefficient (Wildman–Crippen LogP) is 3.84. The number of anilines is 1. The highest BCUT2D eigenvalue weighted by molar-refractivity contribution is 7.19. The van der Waals surface area contributed by atoms with Gasteiger partial charge in [0.2, 0.25) is 0 Å². The first-order valence-electron chi connectivity index (χ1n) is 9.14. The number of fused-ring (bicyclic) bond motifs is 2. The maximum atomic E-state index is 12.6. The van der Waals surface area contributed by atoms with Crippen LogP contribution in [0.3, 0.4) is 0 Å². The Labute approximate surface area is 157 Å². The van der Waals surface area contributed by atoms with E-state index in [0.717, 1.165) is 53.7 Å². The lowest BCUT2D eigenvalue weighted by molar-refractivity contribution is -0.0881. The lowest BCUT2D eigenvalue weighted by Crippen LogP contribution is -2.61. The molecule has 1 aromatic heterocycles. The van der Waals surface area contributed by atoms with Gasteiger partial charge in [-0.2, -0.15) is 0 Å². The van der Waals surface area contributed by atoms with E-state index in [9.17, 15) is 4.79 Å². The molecule has 0 radical (unpaired) electrons. The summed E-state index contributed by atoms with van der Waals surface area (Å²) in [4.78, 5) is 18.0. The molecule has 1 spiro atoms. The zero-order valence-electron chi connectivity index (χ0n) is 14.8. The Morgan fingerprint density at radius 3 is 2.54 bits per heavy atom. The van der Waals surface area contributed by atoms with Crippen LogP contribution in [0.1, 0.15) is 12.8 Å². The van der Waals surface area contributed by atoms with Gasteiger partial charge in [0.1, 0.15) is 16.4 Å². The molecule has 26 heavy (non-hydrogen) atoms. The number of thiophene rings is 1. The molecule has 4 aliphatic rings. The van der Waals surface area contributed by atoms with Crippen LogP contribution >= 0.6 is 11.3 Å². The molecular weight excluding hydrogens is 348 g/mol. The third kappa shape index (κ3) is 2.51. The highest BCUT2D eigenvalue weighted by Gasteiger charge is 2.55. The smallest absolute Gasteiger partial charge is 0.415 e. The Hall–Kier alpha value is -2.05. The average molecular weight is 370 g/mol. The van der Waals surface area contributed by atoms with Gasteiger partial charge in [-0.05, 0) is 67.9 Å². The van der Waals surface area contributed by atoms with Crippen molar-refractivity contribution in [3.8, 4) is 16.2 Å². The predicted molar refractivity (Wildman–Crippen MR) is 102 cm³/mol. The number of benzene rings is 1. The molecule has 1 atom stereocenters. The summed E-state index contributed by atoms with van der Waals surface area (Å²) in [5.41, 5.74) is 0.824. The molecule has 2 aromatic rings. The number of methoxy groups -OCH3 is 1. The molecule has 1 amide bonds. The van der Waals surface area contributed by atoms with E-state index in [2.05, 4.69) is 11.0 Å². The van der Waals surface area contributed by atoms with Crippen molar-refractivity contribution in [2.75, 3.05) is 38.2 Å². The first kappa shape index (κ1) is 16.1. The van der Waals surface area contributed by atoms with E-state index in [1.54, 1.807) is 18.4 Å². The Morgan fingerprint density at radius 1 is 1.12 bits per heavy atom. The summed E-state index contributed by atoms with van der Waals surface area (Å²) in [6, 6.07) is 12.1. The van der Waals surface area contributed by atoms with Crippen molar-refractivity contribution >= 4 is 22.4 Å². The molecule has 5 heterocycles. The Morgan fingerprint density at radius 2 is 1.88 bits per heavy atom. The fraction of sp³-hybridized carbons (Fsp3) is 0.450. The first-order chi connectivity index (χ1) is 12.7. The summed E-state index contributed by atoms with van der Waals surface area (Å²) in [5, 5.41) is 0.967. The van der Waals surface area contributed by atoms with Crippen molar-refractivity contribution < 1.29 is 14.3 Å². The van der Waals surface area contributed by atoms with Crippen LogP contribution < -0.4 is 9.64 Å². The molecule has 4 aliphatic heterocycles. The minimum absolute atomic E-state index is 0.193. The quantitative estimate of drug-likeness (QED) is 0.823. The number of piperidine rings is 3. The Bertz CT molecular complexity index is 826. The molecule has 2 bridgehead atoms. The third-order valence-corrected chi connectivity index (χ3v) is 7.15. The molecule has 6 heteroatoms. The molecule has 1 unspecified atom stereocenters. The highest BCUT2D eigenvalue weighted by atomic mass is 32.1. The standard InChI is InChI=1S/C20H22N2O3S/c1-24-16-4-2-14(3-5-16)17-6-7-18(26-17)22-13-20(25-19(22)23)12-21-10-8-15(20)9-11-21/h2-7,15H,8-13H2,1H3. The monoisotopic (exact) mass is 370 g/mol. The minimum atomic E-state index is -0.308. The van der Waals surface area contributed by atoms with Crippen molar-refractivity contribution in [1.82, 2.24) is 4.90 Å². The van der Waals surface area contributed by atoms with Gasteiger partial charge in [0, 0.05) is 17.3 Å². The van der Waals surface area contributed by atoms with Crippen LogP contribution in [0, 0.1) is 5.92 Å². The van der Waals surface area contributed by atoms with Crippen LogP contribution in [-0.2, 0) is 4.74 Å². The van der Waals surface area contributed by atoms with Crippen LogP contribution in [0.15, 0.2) is 36.4 Å². The molecule has 4 saturated heterocycles. The van der Waals surface area contributed by atoms with Crippen molar-refractivity contribution in [1.29, 1.82) is 0 Å². The third-order valence-electron chi connectivity index (χ3n) is 5.99. The second-order valence-corrected chi connectivity index (χ2v) is 8.50. The van der Waals surface area contributed by atoms with Crippen molar-refractivity contribution in [3.63, 3.8) is 0 Å². The van der Waals surface area contributed by atoms with E-state index in [-0.39, 0.29) is 11.7 Å². The molecule has 0 N–H and O–H groups in total. The summed E-state index contributed by atoms with van der Waals surface area (Å²) in [5.74, 6) is 1.35. The van der Waals surface area contributed by atoms with Crippen LogP contribution in [0.2, 0.25) is 0 Å². The van der Waals surface area contributed by atoms with Gasteiger partial charge in [-0.3, -0.25) is 9.80 Å². The molecule has 4 fully saturated rings. The molecular formula is C20H22N2O3S. The van der Waals surface area contributed by atoms with Crippen LogP contribution in [0.25, 0.3) is 10.4 Å². The van der Waals surface area contributed by atoms with E-state index in [1.807, 2.05) is 35.2 Å². The van der Waals surface area contributed by atoms with Gasteiger partial charge in [0.15, 0.2) is 0 Å². The summed E-state index contributed by atoms with van der Waals surface area (Å²) < 4.78 is 11.2. The van der Waals surface area contributed by atoms with Gasteiger partial charge in [-0.15, -0.1) is 11.3 Å². The summed E-state index contributed by atoms with van der Waals surface area (Å²) in [7, 11) is 1.67. The zero-order valence-corrected chi connectivity index (χ0v) is 15.6. The molecule has 5 nitrogen and oxygen atoms in total. The number of ether oxygens (including phenoxy) is 2. The molecule has 0 aliphatic carbocycles. The van der Waals surface area contributed by atoms with Crippen molar-refractivity contribution in [3.05, 3.63) is 36.4 Å². The Balaban J connectivity index is 1.39. The van der Waals surface area contributed by atoms with E-state index in [0.29, 0.717) is 12.5 Å².